The number of nitrogens with zero attached hydrogens (tertiary/aromatic N) is 2. The maximum Gasteiger partial charge on any atom is 0.259 e. The molecule has 0 saturated carbocycles. The van der Waals surface area contributed by atoms with Crippen LogP contribution in [-0.4, -0.2) is 28.3 Å². The highest BCUT2D eigenvalue weighted by Crippen LogP contribution is 2.32. The number of rotatable bonds is 2. The highest BCUT2D eigenvalue weighted by molar-refractivity contribution is 7.99. The second-order valence-corrected chi connectivity index (χ2v) is 7.41. The van der Waals surface area contributed by atoms with E-state index in [-0.39, 0.29) is 5.56 Å². The number of hydrogen-bond acceptors (Lipinski definition) is 3. The summed E-state index contributed by atoms with van der Waals surface area (Å²) in [6.07, 6.45) is 5.07. The van der Waals surface area contributed by atoms with Gasteiger partial charge in [0.1, 0.15) is 0 Å². The van der Waals surface area contributed by atoms with Gasteiger partial charge < -0.3 is 4.57 Å². The van der Waals surface area contributed by atoms with E-state index in [1.165, 1.54) is 48.3 Å². The average Bonchev–Trinajstić information content (AvgIpc) is 2.59. The van der Waals surface area contributed by atoms with Crippen molar-refractivity contribution >= 4 is 22.5 Å². The molecule has 2 aliphatic heterocycles. The summed E-state index contributed by atoms with van der Waals surface area (Å²) in [5.74, 6) is 1.13. The molecular weight excluding hydrogens is 292 g/mol. The lowest BCUT2D eigenvalue weighted by molar-refractivity contribution is 0.219. The van der Waals surface area contributed by atoms with E-state index < -0.39 is 0 Å². The van der Waals surface area contributed by atoms with Crippen molar-refractivity contribution in [3.8, 4) is 0 Å². The summed E-state index contributed by atoms with van der Waals surface area (Å²) in [4.78, 5) is 15.3. The second-order valence-electron chi connectivity index (χ2n) is 6.32. The van der Waals surface area contributed by atoms with E-state index in [4.69, 9.17) is 0 Å². The molecule has 4 heteroatoms. The third-order valence-electron chi connectivity index (χ3n) is 4.83. The van der Waals surface area contributed by atoms with Crippen LogP contribution in [0, 0.1) is 0 Å². The van der Waals surface area contributed by atoms with Crippen molar-refractivity contribution in [2.24, 2.45) is 0 Å². The molecule has 0 unspecified atom stereocenters. The van der Waals surface area contributed by atoms with Gasteiger partial charge in [0.15, 0.2) is 0 Å². The van der Waals surface area contributed by atoms with Gasteiger partial charge in [0.05, 0.1) is 5.03 Å². The fourth-order valence-electron chi connectivity index (χ4n) is 3.70. The van der Waals surface area contributed by atoms with Crippen molar-refractivity contribution in [3.05, 3.63) is 40.2 Å². The minimum Gasteiger partial charge on any atom is -0.302 e. The minimum atomic E-state index is 0.195. The van der Waals surface area contributed by atoms with Gasteiger partial charge in [-0.3, -0.25) is 9.69 Å². The highest BCUT2D eigenvalue weighted by atomic mass is 32.2. The van der Waals surface area contributed by atoms with Crippen LogP contribution in [0.25, 0.3) is 10.8 Å². The summed E-state index contributed by atoms with van der Waals surface area (Å²) in [5.41, 5.74) is 1.57. The van der Waals surface area contributed by atoms with E-state index in [0.29, 0.717) is 0 Å². The summed E-state index contributed by atoms with van der Waals surface area (Å²) in [5, 5.41) is 3.28. The summed E-state index contributed by atoms with van der Waals surface area (Å²) in [6.45, 7) is 4.25. The van der Waals surface area contributed by atoms with Crippen molar-refractivity contribution in [2.45, 2.75) is 43.8 Å². The third-order valence-corrected chi connectivity index (χ3v) is 6.06. The van der Waals surface area contributed by atoms with Gasteiger partial charge in [-0.05, 0) is 43.8 Å². The number of thioether (sulfide) groups is 1. The molecule has 3 nitrogen and oxygen atoms in total. The maximum atomic E-state index is 12.8. The Morgan fingerprint density at radius 2 is 1.73 bits per heavy atom. The number of hydrogen-bond donors (Lipinski definition) is 0. The van der Waals surface area contributed by atoms with Gasteiger partial charge in [0.25, 0.3) is 5.56 Å². The molecule has 22 heavy (non-hydrogen) atoms. The Labute approximate surface area is 135 Å². The molecule has 3 heterocycles. The molecule has 0 bridgehead atoms. The first-order valence-electron chi connectivity index (χ1n) is 8.34. The number of fused-ring (bicyclic) bond motifs is 2. The average molecular weight is 314 g/mol. The molecule has 1 aromatic carbocycles. The van der Waals surface area contributed by atoms with Crippen molar-refractivity contribution in [2.75, 3.05) is 18.8 Å². The molecule has 1 saturated heterocycles. The van der Waals surface area contributed by atoms with Crippen LogP contribution in [-0.2, 0) is 13.1 Å². The topological polar surface area (TPSA) is 25.2 Å². The molecule has 2 aliphatic rings. The molecule has 2 aromatic rings. The highest BCUT2D eigenvalue weighted by Gasteiger charge is 2.21. The zero-order valence-corrected chi connectivity index (χ0v) is 13.7. The van der Waals surface area contributed by atoms with E-state index in [0.717, 1.165) is 30.6 Å². The molecular formula is C18H22N2OS. The smallest absolute Gasteiger partial charge is 0.259 e. The predicted octanol–water partition coefficient (Wildman–Crippen LogP) is 3.48. The molecule has 4 rings (SSSR count). The minimum absolute atomic E-state index is 0.195. The third kappa shape index (κ3) is 2.48. The van der Waals surface area contributed by atoms with Gasteiger partial charge in [-0.2, -0.15) is 0 Å². The SMILES string of the molecule is O=c1c2ccccc2c(CN2CCCCC2)c2n1CCCS2. The Bertz CT molecular complexity index is 747. The Balaban J connectivity index is 1.87. The van der Waals surface area contributed by atoms with Crippen molar-refractivity contribution in [3.63, 3.8) is 0 Å². The van der Waals surface area contributed by atoms with Crippen LogP contribution in [0.1, 0.15) is 31.2 Å². The van der Waals surface area contributed by atoms with Crippen molar-refractivity contribution in [1.29, 1.82) is 0 Å². The molecule has 0 radical (unpaired) electrons. The van der Waals surface area contributed by atoms with Crippen molar-refractivity contribution < 1.29 is 0 Å². The summed E-state index contributed by atoms with van der Waals surface area (Å²) < 4.78 is 2.02. The van der Waals surface area contributed by atoms with E-state index in [9.17, 15) is 4.79 Å². The number of aromatic nitrogens is 1. The van der Waals surface area contributed by atoms with Crippen LogP contribution < -0.4 is 5.56 Å². The van der Waals surface area contributed by atoms with Crippen LogP contribution in [0.3, 0.4) is 0 Å². The largest absolute Gasteiger partial charge is 0.302 e. The molecule has 0 aliphatic carbocycles. The molecule has 116 valence electrons. The van der Waals surface area contributed by atoms with E-state index >= 15 is 0 Å². The molecule has 0 amide bonds. The fraction of sp³-hybridized carbons (Fsp3) is 0.500. The summed E-state index contributed by atoms with van der Waals surface area (Å²) in [7, 11) is 0. The first-order valence-corrected chi connectivity index (χ1v) is 9.33. The Morgan fingerprint density at radius 3 is 2.55 bits per heavy atom. The van der Waals surface area contributed by atoms with E-state index in [2.05, 4.69) is 17.0 Å². The fourth-order valence-corrected chi connectivity index (χ4v) is 4.85. The first-order chi connectivity index (χ1) is 10.8. The zero-order valence-electron chi connectivity index (χ0n) is 12.9. The van der Waals surface area contributed by atoms with E-state index in [1.54, 1.807) is 0 Å². The number of piperidine rings is 1. The Hall–Kier alpha value is -1.26. The molecule has 0 atom stereocenters. The quantitative estimate of drug-likeness (QED) is 0.848. The lowest BCUT2D eigenvalue weighted by atomic mass is 10.0. The van der Waals surface area contributed by atoms with Crippen LogP contribution in [0.2, 0.25) is 0 Å². The lowest BCUT2D eigenvalue weighted by Gasteiger charge is -2.29. The van der Waals surface area contributed by atoms with Gasteiger partial charge in [0.2, 0.25) is 0 Å². The van der Waals surface area contributed by atoms with Crippen LogP contribution in [0.15, 0.2) is 34.1 Å². The van der Waals surface area contributed by atoms with Gasteiger partial charge in [-0.25, -0.2) is 0 Å². The van der Waals surface area contributed by atoms with Gasteiger partial charge in [-0.1, -0.05) is 24.6 Å². The van der Waals surface area contributed by atoms with Gasteiger partial charge in [0, 0.05) is 29.8 Å². The number of pyridine rings is 1. The van der Waals surface area contributed by atoms with Crippen LogP contribution in [0.4, 0.5) is 0 Å². The first kappa shape index (κ1) is 14.3. The standard InChI is InChI=1S/C18H22N2OS/c21-17-15-8-3-2-7-14(15)16(13-19-9-4-1-5-10-19)18-20(17)11-6-12-22-18/h2-3,7-8H,1,4-6,9-13H2. The van der Waals surface area contributed by atoms with Crippen LogP contribution in [0.5, 0.6) is 0 Å². The maximum absolute atomic E-state index is 12.8. The zero-order chi connectivity index (χ0) is 14.9. The predicted molar refractivity (Wildman–Crippen MR) is 92.7 cm³/mol. The van der Waals surface area contributed by atoms with Gasteiger partial charge in [-0.15, -0.1) is 11.8 Å². The normalized spacial score (nSPS) is 19.3. The lowest BCUT2D eigenvalue weighted by Crippen LogP contribution is -2.32. The monoisotopic (exact) mass is 314 g/mol. The molecule has 0 spiro atoms. The molecule has 1 aromatic heterocycles. The molecule has 0 N–H and O–H groups in total. The summed E-state index contributed by atoms with van der Waals surface area (Å²) in [6, 6.07) is 8.17. The second kappa shape index (κ2) is 6.09. The Kier molecular flexibility index (Phi) is 3.97. The van der Waals surface area contributed by atoms with Crippen molar-refractivity contribution in [1.82, 2.24) is 9.47 Å². The summed E-state index contributed by atoms with van der Waals surface area (Å²) >= 11 is 1.87. The molecule has 1 fully saturated rings. The Morgan fingerprint density at radius 1 is 0.955 bits per heavy atom. The number of likely N-dealkylation sites (tertiary alicyclic amines) is 1. The van der Waals surface area contributed by atoms with E-state index in [1.807, 2.05) is 28.5 Å². The number of benzene rings is 1. The van der Waals surface area contributed by atoms with Gasteiger partial charge >= 0.3 is 0 Å². The van der Waals surface area contributed by atoms with Crippen LogP contribution >= 0.6 is 11.8 Å².